The average Bonchev–Trinajstić information content (AvgIpc) is 2.74. The first kappa shape index (κ1) is 23.9. The Morgan fingerprint density at radius 2 is 1.70 bits per heavy atom. The van der Waals surface area contributed by atoms with Gasteiger partial charge in [0.15, 0.2) is 0 Å². The summed E-state index contributed by atoms with van der Waals surface area (Å²) in [5.74, 6) is 8.79. The highest BCUT2D eigenvalue weighted by Crippen LogP contribution is 2.28. The Morgan fingerprint density at radius 3 is 2.40 bits per heavy atom. The molecule has 2 aromatic carbocycles. The molecule has 0 radical (unpaired) electrons. The molecular formula is C25H32ClN2O2-. The third-order valence-electron chi connectivity index (χ3n) is 5.32. The van der Waals surface area contributed by atoms with E-state index < -0.39 is 0 Å². The molecule has 4 nitrogen and oxygen atoms in total. The lowest BCUT2D eigenvalue weighted by atomic mass is 10.0. The van der Waals surface area contributed by atoms with Crippen molar-refractivity contribution in [1.29, 1.82) is 0 Å². The van der Waals surface area contributed by atoms with Crippen molar-refractivity contribution in [3.05, 3.63) is 53.6 Å². The molecule has 0 aromatic heterocycles. The number of para-hydroxylation sites is 2. The van der Waals surface area contributed by atoms with Crippen molar-refractivity contribution in [2.45, 2.75) is 26.7 Å². The fraction of sp³-hybridized carbons (Fsp3) is 0.440. The van der Waals surface area contributed by atoms with Gasteiger partial charge in [-0.05, 0) is 42.2 Å². The van der Waals surface area contributed by atoms with Gasteiger partial charge in [0.05, 0.1) is 19.3 Å². The van der Waals surface area contributed by atoms with Crippen molar-refractivity contribution in [2.24, 2.45) is 0 Å². The van der Waals surface area contributed by atoms with Crippen molar-refractivity contribution in [3.8, 4) is 23.3 Å². The Morgan fingerprint density at radius 1 is 0.967 bits per heavy atom. The van der Waals surface area contributed by atoms with Gasteiger partial charge in [0.2, 0.25) is 0 Å². The zero-order valence-corrected chi connectivity index (χ0v) is 19.2. The molecule has 162 valence electrons. The fourth-order valence-electron chi connectivity index (χ4n) is 3.61. The molecule has 1 fully saturated rings. The molecule has 1 heterocycles. The van der Waals surface area contributed by atoms with Crippen molar-refractivity contribution in [3.63, 3.8) is 0 Å². The summed E-state index contributed by atoms with van der Waals surface area (Å²) in [6.07, 6.45) is 0. The molecule has 30 heavy (non-hydrogen) atoms. The molecule has 0 amide bonds. The zero-order valence-electron chi connectivity index (χ0n) is 18.5. The number of halogens is 1. The van der Waals surface area contributed by atoms with Crippen LogP contribution >= 0.6 is 0 Å². The van der Waals surface area contributed by atoms with E-state index >= 15 is 0 Å². The molecular weight excluding hydrogens is 396 g/mol. The maximum atomic E-state index is 5.95. The average molecular weight is 428 g/mol. The van der Waals surface area contributed by atoms with E-state index in [9.17, 15) is 0 Å². The van der Waals surface area contributed by atoms with E-state index in [0.717, 1.165) is 44.2 Å². The first-order chi connectivity index (χ1) is 14.1. The van der Waals surface area contributed by atoms with Crippen LogP contribution in [-0.2, 0) is 0 Å². The second-order valence-electron chi connectivity index (χ2n) is 7.77. The molecule has 1 aliphatic heterocycles. The third kappa shape index (κ3) is 6.32. The molecule has 0 saturated carbocycles. The van der Waals surface area contributed by atoms with Gasteiger partial charge in [-0.1, -0.05) is 50.0 Å². The van der Waals surface area contributed by atoms with Crippen LogP contribution < -0.4 is 26.8 Å². The van der Waals surface area contributed by atoms with Gasteiger partial charge in [0.25, 0.3) is 0 Å². The number of piperazine rings is 1. The van der Waals surface area contributed by atoms with Crippen molar-refractivity contribution in [1.82, 2.24) is 4.90 Å². The number of nitrogens with zero attached hydrogens (tertiary/aromatic N) is 2. The largest absolute Gasteiger partial charge is 1.00 e. The summed E-state index contributed by atoms with van der Waals surface area (Å²) in [6, 6.07) is 14.6. The first-order valence-corrected chi connectivity index (χ1v) is 10.4. The number of methoxy groups -OCH3 is 1. The Bertz CT molecular complexity index is 865. The highest BCUT2D eigenvalue weighted by Gasteiger charge is 2.18. The van der Waals surface area contributed by atoms with Gasteiger partial charge in [-0.15, -0.1) is 0 Å². The number of hydrogen-bond donors (Lipinski definition) is 0. The molecule has 1 aliphatic rings. The normalized spacial score (nSPS) is 14.0. The SMILES string of the molecule is COc1ccccc1N1CCN(CC#CCOc2cc(C)ccc2C(C)C)CC1.[Cl-]. The summed E-state index contributed by atoms with van der Waals surface area (Å²) in [5.41, 5.74) is 3.63. The Kier molecular flexibility index (Phi) is 9.36. The van der Waals surface area contributed by atoms with E-state index in [1.54, 1.807) is 7.11 Å². The maximum absolute atomic E-state index is 5.95. The summed E-state index contributed by atoms with van der Waals surface area (Å²) in [7, 11) is 1.73. The Hall–Kier alpha value is -2.35. The molecule has 0 bridgehead atoms. The van der Waals surface area contributed by atoms with E-state index in [1.165, 1.54) is 16.8 Å². The van der Waals surface area contributed by atoms with E-state index in [4.69, 9.17) is 9.47 Å². The third-order valence-corrected chi connectivity index (χ3v) is 5.32. The number of hydrogen-bond acceptors (Lipinski definition) is 4. The summed E-state index contributed by atoms with van der Waals surface area (Å²) in [4.78, 5) is 4.78. The van der Waals surface area contributed by atoms with Crippen molar-refractivity contribution >= 4 is 5.69 Å². The minimum absolute atomic E-state index is 0. The van der Waals surface area contributed by atoms with Gasteiger partial charge < -0.3 is 26.8 Å². The lowest BCUT2D eigenvalue weighted by Gasteiger charge is -2.35. The standard InChI is InChI=1S/C25H32N2O2.ClH/c1-20(2)22-12-11-21(3)19-25(22)29-18-8-7-13-26-14-16-27(17-15-26)23-9-5-6-10-24(23)28-4;/h5-6,9-12,19-20H,13-18H2,1-4H3;1H/p-1. The fourth-order valence-corrected chi connectivity index (χ4v) is 3.61. The minimum Gasteiger partial charge on any atom is -1.00 e. The van der Waals surface area contributed by atoms with Crippen LogP contribution in [0, 0.1) is 18.8 Å². The van der Waals surface area contributed by atoms with E-state index in [1.807, 2.05) is 12.1 Å². The Balaban J connectivity index is 0.00000320. The van der Waals surface area contributed by atoms with Crippen molar-refractivity contribution in [2.75, 3.05) is 51.3 Å². The van der Waals surface area contributed by atoms with Gasteiger partial charge >= 0.3 is 0 Å². The molecule has 2 aromatic rings. The monoisotopic (exact) mass is 427 g/mol. The van der Waals surface area contributed by atoms with Gasteiger partial charge in [0, 0.05) is 26.2 Å². The minimum atomic E-state index is 0. The summed E-state index contributed by atoms with van der Waals surface area (Å²) >= 11 is 0. The van der Waals surface area contributed by atoms with Gasteiger partial charge in [-0.25, -0.2) is 0 Å². The van der Waals surface area contributed by atoms with E-state index in [-0.39, 0.29) is 12.4 Å². The van der Waals surface area contributed by atoms with Gasteiger partial charge in [-0.3, -0.25) is 4.90 Å². The number of ether oxygens (including phenoxy) is 2. The zero-order chi connectivity index (χ0) is 20.6. The molecule has 5 heteroatoms. The smallest absolute Gasteiger partial charge is 0.149 e. The van der Waals surface area contributed by atoms with Crippen LogP contribution in [0.15, 0.2) is 42.5 Å². The van der Waals surface area contributed by atoms with E-state index in [2.05, 4.69) is 72.7 Å². The van der Waals surface area contributed by atoms with E-state index in [0.29, 0.717) is 12.5 Å². The summed E-state index contributed by atoms with van der Waals surface area (Å²) < 4.78 is 11.4. The van der Waals surface area contributed by atoms with Gasteiger partial charge in [-0.2, -0.15) is 0 Å². The lowest BCUT2D eigenvalue weighted by Crippen LogP contribution is -3.00. The van der Waals surface area contributed by atoms with Crippen LogP contribution in [0.2, 0.25) is 0 Å². The number of aryl methyl sites for hydroxylation is 1. The van der Waals surface area contributed by atoms with Crippen LogP contribution in [0.4, 0.5) is 5.69 Å². The van der Waals surface area contributed by atoms with Crippen LogP contribution in [0.3, 0.4) is 0 Å². The molecule has 0 aliphatic carbocycles. The number of benzene rings is 2. The predicted octanol–water partition coefficient (Wildman–Crippen LogP) is 1.34. The van der Waals surface area contributed by atoms with Crippen LogP contribution in [0.1, 0.15) is 30.9 Å². The number of rotatable bonds is 6. The summed E-state index contributed by atoms with van der Waals surface area (Å²) in [5, 5.41) is 0. The second-order valence-corrected chi connectivity index (χ2v) is 7.77. The predicted molar refractivity (Wildman–Crippen MR) is 120 cm³/mol. The quantitative estimate of drug-likeness (QED) is 0.649. The molecule has 1 saturated heterocycles. The highest BCUT2D eigenvalue weighted by molar-refractivity contribution is 5.58. The lowest BCUT2D eigenvalue weighted by molar-refractivity contribution is -0.00000678. The van der Waals surface area contributed by atoms with Crippen LogP contribution in [0.25, 0.3) is 0 Å². The van der Waals surface area contributed by atoms with Crippen LogP contribution in [0.5, 0.6) is 11.5 Å². The molecule has 0 spiro atoms. The van der Waals surface area contributed by atoms with Gasteiger partial charge in [0.1, 0.15) is 18.1 Å². The topological polar surface area (TPSA) is 24.9 Å². The molecule has 0 unspecified atom stereocenters. The first-order valence-electron chi connectivity index (χ1n) is 10.4. The number of anilines is 1. The second kappa shape index (κ2) is 11.7. The molecule has 3 rings (SSSR count). The highest BCUT2D eigenvalue weighted by atomic mass is 35.5. The molecule has 0 atom stereocenters. The van der Waals surface area contributed by atoms with Crippen LogP contribution in [-0.4, -0.2) is 51.3 Å². The van der Waals surface area contributed by atoms with Crippen molar-refractivity contribution < 1.29 is 21.9 Å². The maximum Gasteiger partial charge on any atom is 0.149 e. The summed E-state index contributed by atoms with van der Waals surface area (Å²) in [6.45, 7) is 11.7. The Labute approximate surface area is 187 Å². The molecule has 0 N–H and O–H groups in total.